The Kier molecular flexibility index (Phi) is 5.33. The third-order valence-corrected chi connectivity index (χ3v) is 4.70. The lowest BCUT2D eigenvalue weighted by Crippen LogP contribution is -2.18. The largest absolute Gasteiger partial charge is 0.370 e. The van der Waals surface area contributed by atoms with Gasteiger partial charge in [-0.3, -0.25) is 4.79 Å². The third-order valence-electron chi connectivity index (χ3n) is 4.70. The predicted molar refractivity (Wildman–Crippen MR) is 108 cm³/mol. The highest BCUT2D eigenvalue weighted by atomic mass is 19.1. The highest BCUT2D eigenvalue weighted by molar-refractivity contribution is 6.04. The van der Waals surface area contributed by atoms with Crippen LogP contribution in [0.25, 0.3) is 0 Å². The molecular weight excluding hydrogens is 376 g/mol. The number of halogens is 2. The Hall–Kier alpha value is -3.55. The van der Waals surface area contributed by atoms with E-state index in [1.165, 1.54) is 12.8 Å². The molecule has 1 aromatic heterocycles. The molecule has 1 fully saturated rings. The first-order valence-electron chi connectivity index (χ1n) is 9.30. The van der Waals surface area contributed by atoms with Crippen LogP contribution in [0.3, 0.4) is 0 Å². The van der Waals surface area contributed by atoms with Crippen LogP contribution in [0.2, 0.25) is 0 Å². The number of benzene rings is 2. The lowest BCUT2D eigenvalue weighted by Gasteiger charge is -2.17. The molecule has 2 N–H and O–H groups in total. The Morgan fingerprint density at radius 1 is 0.966 bits per heavy atom. The Labute approximate surface area is 166 Å². The zero-order chi connectivity index (χ0) is 20.2. The molecule has 1 saturated heterocycles. The average molecular weight is 395 g/mol. The molecule has 0 aliphatic carbocycles. The van der Waals surface area contributed by atoms with E-state index >= 15 is 0 Å². The molecule has 2 aromatic carbocycles. The molecule has 4 rings (SSSR count). The number of nitrogens with zero attached hydrogens (tertiary/aromatic N) is 3. The summed E-state index contributed by atoms with van der Waals surface area (Å²) in [5.74, 6) is -1.66. The van der Waals surface area contributed by atoms with Gasteiger partial charge in [-0.2, -0.15) is 5.10 Å². The summed E-state index contributed by atoms with van der Waals surface area (Å²) in [4.78, 5) is 14.4. The highest BCUT2D eigenvalue weighted by Gasteiger charge is 2.14. The molecule has 0 bridgehead atoms. The summed E-state index contributed by atoms with van der Waals surface area (Å²) in [6.07, 6.45) is 4.11. The minimum Gasteiger partial charge on any atom is -0.370 e. The van der Waals surface area contributed by atoms with E-state index < -0.39 is 17.5 Å². The molecule has 6 nitrogen and oxygen atoms in total. The average Bonchev–Trinajstić information content (AvgIpc) is 3.24. The van der Waals surface area contributed by atoms with Crippen molar-refractivity contribution >= 4 is 28.8 Å². The fourth-order valence-corrected chi connectivity index (χ4v) is 3.22. The quantitative estimate of drug-likeness (QED) is 0.672. The maximum Gasteiger partial charge on any atom is 0.258 e. The molecule has 1 aliphatic rings. The van der Waals surface area contributed by atoms with Gasteiger partial charge in [0.05, 0.1) is 17.4 Å². The minimum absolute atomic E-state index is 0.220. The van der Waals surface area contributed by atoms with Crippen LogP contribution in [0.5, 0.6) is 0 Å². The lowest BCUT2D eigenvalue weighted by atomic mass is 10.2. The first-order valence-corrected chi connectivity index (χ1v) is 9.30. The van der Waals surface area contributed by atoms with Gasteiger partial charge < -0.3 is 15.5 Å². The number of rotatable bonds is 5. The summed E-state index contributed by atoms with van der Waals surface area (Å²) in [5.41, 5.74) is 2.07. The number of carbonyl (C=O) groups excluding carboxylic acids is 1. The number of amides is 1. The predicted octanol–water partition coefficient (Wildman–Crippen LogP) is 4.35. The molecule has 0 spiro atoms. The molecule has 0 atom stereocenters. The molecule has 2 heterocycles. The van der Waals surface area contributed by atoms with Crippen molar-refractivity contribution in [3.63, 3.8) is 0 Å². The van der Waals surface area contributed by atoms with Crippen molar-refractivity contribution in [3.8, 4) is 0 Å². The van der Waals surface area contributed by atoms with Crippen LogP contribution in [0, 0.1) is 11.6 Å². The molecule has 1 amide bonds. The summed E-state index contributed by atoms with van der Waals surface area (Å²) in [6.45, 7) is 2.04. The van der Waals surface area contributed by atoms with Crippen molar-refractivity contribution in [1.29, 1.82) is 0 Å². The summed E-state index contributed by atoms with van der Waals surface area (Å²) in [5, 5.41) is 13.9. The number of anilines is 4. The van der Waals surface area contributed by atoms with E-state index in [9.17, 15) is 13.6 Å². The van der Waals surface area contributed by atoms with E-state index in [-0.39, 0.29) is 5.56 Å². The molecule has 148 valence electrons. The molecule has 8 heteroatoms. The van der Waals surface area contributed by atoms with Crippen LogP contribution < -0.4 is 15.5 Å². The molecule has 1 aliphatic heterocycles. The molecule has 0 saturated carbocycles. The van der Waals surface area contributed by atoms with Crippen LogP contribution >= 0.6 is 0 Å². The first kappa shape index (κ1) is 18.8. The van der Waals surface area contributed by atoms with Crippen LogP contribution in [0.1, 0.15) is 23.2 Å². The van der Waals surface area contributed by atoms with Gasteiger partial charge in [0.2, 0.25) is 0 Å². The number of hydrogen-bond donors (Lipinski definition) is 2. The smallest absolute Gasteiger partial charge is 0.258 e. The molecule has 0 radical (unpaired) electrons. The number of hydrogen-bond acceptors (Lipinski definition) is 5. The molecular formula is C21H19F2N5O. The zero-order valence-electron chi connectivity index (χ0n) is 15.5. The number of nitrogens with one attached hydrogen (secondary N) is 2. The summed E-state index contributed by atoms with van der Waals surface area (Å²) >= 11 is 0. The van der Waals surface area contributed by atoms with E-state index in [0.717, 1.165) is 36.6 Å². The van der Waals surface area contributed by atoms with E-state index in [2.05, 4.69) is 25.7 Å². The topological polar surface area (TPSA) is 70.2 Å². The second kappa shape index (κ2) is 8.22. The monoisotopic (exact) mass is 395 g/mol. The maximum atomic E-state index is 13.7. The minimum atomic E-state index is -0.905. The number of carbonyl (C=O) groups is 1. The van der Waals surface area contributed by atoms with Crippen LogP contribution in [0.15, 0.2) is 54.7 Å². The molecule has 3 aromatic rings. The van der Waals surface area contributed by atoms with Gasteiger partial charge in [-0.25, -0.2) is 8.78 Å². The van der Waals surface area contributed by atoms with Crippen LogP contribution in [-0.2, 0) is 0 Å². The van der Waals surface area contributed by atoms with Gasteiger partial charge in [0, 0.05) is 36.6 Å². The lowest BCUT2D eigenvalue weighted by molar-refractivity contribution is 0.102. The normalized spacial score (nSPS) is 13.4. The Morgan fingerprint density at radius 3 is 2.41 bits per heavy atom. The Morgan fingerprint density at radius 2 is 1.69 bits per heavy atom. The van der Waals surface area contributed by atoms with Crippen molar-refractivity contribution in [2.24, 2.45) is 0 Å². The fourth-order valence-electron chi connectivity index (χ4n) is 3.22. The number of aromatic nitrogens is 2. The Balaban J connectivity index is 1.41. The van der Waals surface area contributed by atoms with Crippen molar-refractivity contribution in [2.75, 3.05) is 28.6 Å². The van der Waals surface area contributed by atoms with E-state index in [4.69, 9.17) is 0 Å². The highest BCUT2D eigenvalue weighted by Crippen LogP contribution is 2.23. The third kappa shape index (κ3) is 4.48. The Bertz CT molecular complexity index is 1020. The van der Waals surface area contributed by atoms with Crippen molar-refractivity contribution < 1.29 is 13.6 Å². The van der Waals surface area contributed by atoms with E-state index in [1.807, 2.05) is 6.07 Å². The SMILES string of the molecule is O=C(Nc1ccc(Nc2cc(N3CCCC3)cnn2)cc1)c1ccc(F)cc1F. The fraction of sp³-hybridized carbons (Fsp3) is 0.190. The standard InChI is InChI=1S/C21H19F2N5O/c22-14-3-8-18(19(23)11-14)21(29)26-16-6-4-15(5-7-16)25-20-12-17(13-24-27-20)28-9-1-2-10-28/h3-8,11-13H,1-2,9-10H2,(H,25,27)(H,26,29). The molecule has 29 heavy (non-hydrogen) atoms. The van der Waals surface area contributed by atoms with Crippen molar-refractivity contribution in [3.05, 3.63) is 71.9 Å². The van der Waals surface area contributed by atoms with Gasteiger partial charge >= 0.3 is 0 Å². The summed E-state index contributed by atoms with van der Waals surface area (Å²) < 4.78 is 26.7. The summed E-state index contributed by atoms with van der Waals surface area (Å²) in [7, 11) is 0. The van der Waals surface area contributed by atoms with Gasteiger partial charge in [-0.15, -0.1) is 5.10 Å². The first-order chi connectivity index (χ1) is 14.1. The van der Waals surface area contributed by atoms with E-state index in [1.54, 1.807) is 30.5 Å². The van der Waals surface area contributed by atoms with Crippen LogP contribution in [-0.4, -0.2) is 29.2 Å². The van der Waals surface area contributed by atoms with Crippen LogP contribution in [0.4, 0.5) is 31.7 Å². The van der Waals surface area contributed by atoms with Crippen molar-refractivity contribution in [2.45, 2.75) is 12.8 Å². The van der Waals surface area contributed by atoms with Gasteiger partial charge in [0.15, 0.2) is 5.82 Å². The maximum absolute atomic E-state index is 13.7. The zero-order valence-corrected chi connectivity index (χ0v) is 15.5. The second-order valence-corrected chi connectivity index (χ2v) is 6.77. The van der Waals surface area contributed by atoms with Gasteiger partial charge in [0.1, 0.15) is 11.6 Å². The summed E-state index contributed by atoms with van der Waals surface area (Å²) in [6, 6.07) is 11.7. The van der Waals surface area contributed by atoms with Gasteiger partial charge in [0.25, 0.3) is 5.91 Å². The van der Waals surface area contributed by atoms with Crippen molar-refractivity contribution in [1.82, 2.24) is 10.2 Å². The van der Waals surface area contributed by atoms with Gasteiger partial charge in [-0.1, -0.05) is 0 Å². The van der Waals surface area contributed by atoms with E-state index in [0.29, 0.717) is 17.6 Å². The molecule has 0 unspecified atom stereocenters. The van der Waals surface area contributed by atoms with Gasteiger partial charge in [-0.05, 0) is 49.2 Å². The second-order valence-electron chi connectivity index (χ2n) is 6.77.